The van der Waals surface area contributed by atoms with E-state index in [1.165, 1.54) is 4.90 Å². The predicted octanol–water partition coefficient (Wildman–Crippen LogP) is 2.83. The number of hydrogen-bond acceptors (Lipinski definition) is 3. The van der Waals surface area contributed by atoms with Gasteiger partial charge in [0.25, 0.3) is 0 Å². The minimum absolute atomic E-state index is 0.214. The van der Waals surface area contributed by atoms with E-state index in [0.717, 1.165) is 18.4 Å². The van der Waals surface area contributed by atoms with E-state index in [-0.39, 0.29) is 18.2 Å². The number of ether oxygens (including phenoxy) is 1. The summed E-state index contributed by atoms with van der Waals surface area (Å²) in [5.74, 6) is 0.350. The van der Waals surface area contributed by atoms with Crippen LogP contribution in [0, 0.1) is 5.92 Å². The molecular weight excluding hydrogens is 316 g/mol. The van der Waals surface area contributed by atoms with E-state index in [2.05, 4.69) is 5.32 Å². The molecule has 1 fully saturated rings. The molecule has 128 valence electrons. The molecule has 3 atom stereocenters. The molecule has 0 aliphatic heterocycles. The van der Waals surface area contributed by atoms with Crippen molar-refractivity contribution in [3.05, 3.63) is 34.9 Å². The maximum absolute atomic E-state index is 12.3. The predicted molar refractivity (Wildman–Crippen MR) is 90.6 cm³/mol. The summed E-state index contributed by atoms with van der Waals surface area (Å²) in [6, 6.07) is 6.95. The van der Waals surface area contributed by atoms with E-state index in [1.54, 1.807) is 26.3 Å². The van der Waals surface area contributed by atoms with Crippen molar-refractivity contribution in [2.45, 2.75) is 38.0 Å². The Hall–Kier alpha value is -1.30. The Morgan fingerprint density at radius 2 is 2.04 bits per heavy atom. The fourth-order valence-electron chi connectivity index (χ4n) is 2.66. The maximum Gasteiger partial charge on any atom is 0.317 e. The van der Waals surface area contributed by atoms with Gasteiger partial charge in [0.05, 0.1) is 12.1 Å². The van der Waals surface area contributed by atoms with Gasteiger partial charge in [-0.25, -0.2) is 4.79 Å². The first-order chi connectivity index (χ1) is 10.9. The fourth-order valence-corrected chi connectivity index (χ4v) is 2.78. The SMILES string of the molecule is COC(c1ccc(Cl)cc1)C(C)NC(=O)N(C)CC(O)C1CC1. The van der Waals surface area contributed by atoms with Crippen LogP contribution in [0.15, 0.2) is 24.3 Å². The summed E-state index contributed by atoms with van der Waals surface area (Å²) in [6.45, 7) is 2.24. The quantitative estimate of drug-likeness (QED) is 0.802. The van der Waals surface area contributed by atoms with Gasteiger partial charge in [-0.3, -0.25) is 0 Å². The molecule has 1 aliphatic carbocycles. The van der Waals surface area contributed by atoms with Crippen molar-refractivity contribution in [3.63, 3.8) is 0 Å². The van der Waals surface area contributed by atoms with Gasteiger partial charge in [-0.15, -0.1) is 0 Å². The minimum atomic E-state index is -0.435. The zero-order valence-corrected chi connectivity index (χ0v) is 14.6. The van der Waals surface area contributed by atoms with Crippen molar-refractivity contribution in [2.75, 3.05) is 20.7 Å². The lowest BCUT2D eigenvalue weighted by Crippen LogP contribution is -2.47. The molecule has 23 heavy (non-hydrogen) atoms. The molecule has 0 aromatic heterocycles. The number of carbonyl (C=O) groups excluding carboxylic acids is 1. The molecule has 1 aromatic carbocycles. The lowest BCUT2D eigenvalue weighted by molar-refractivity contribution is 0.0712. The third-order valence-electron chi connectivity index (χ3n) is 4.23. The standard InChI is InChI=1S/C17H25ClN2O3/c1-11(16(23-3)13-6-8-14(18)9-7-13)19-17(22)20(2)10-15(21)12-4-5-12/h6-9,11-12,15-16,21H,4-5,10H2,1-3H3,(H,19,22). The number of aliphatic hydroxyl groups is 1. The molecule has 0 saturated heterocycles. The molecular formula is C17H25ClN2O3. The molecule has 2 rings (SSSR count). The van der Waals surface area contributed by atoms with Crippen molar-refractivity contribution < 1.29 is 14.6 Å². The van der Waals surface area contributed by atoms with Crippen molar-refractivity contribution in [1.82, 2.24) is 10.2 Å². The van der Waals surface area contributed by atoms with Crippen LogP contribution < -0.4 is 5.32 Å². The summed E-state index contributed by atoms with van der Waals surface area (Å²) in [7, 11) is 3.31. The number of halogens is 1. The fraction of sp³-hybridized carbons (Fsp3) is 0.588. The highest BCUT2D eigenvalue weighted by Gasteiger charge is 2.31. The van der Waals surface area contributed by atoms with Crippen LogP contribution in [0.2, 0.25) is 5.02 Å². The van der Waals surface area contributed by atoms with E-state index in [4.69, 9.17) is 16.3 Å². The number of aliphatic hydroxyl groups excluding tert-OH is 1. The van der Waals surface area contributed by atoms with Gasteiger partial charge in [-0.05, 0) is 43.4 Å². The molecule has 5 nitrogen and oxygen atoms in total. The van der Waals surface area contributed by atoms with Gasteiger partial charge in [0, 0.05) is 25.7 Å². The Balaban J connectivity index is 1.91. The number of carbonyl (C=O) groups is 1. The first-order valence-electron chi connectivity index (χ1n) is 7.90. The second-order valence-corrected chi connectivity index (χ2v) is 6.67. The van der Waals surface area contributed by atoms with Crippen LogP contribution >= 0.6 is 11.6 Å². The smallest absolute Gasteiger partial charge is 0.317 e. The first-order valence-corrected chi connectivity index (χ1v) is 8.28. The first kappa shape index (κ1) is 18.0. The van der Waals surface area contributed by atoms with E-state index >= 15 is 0 Å². The lowest BCUT2D eigenvalue weighted by atomic mass is 10.0. The van der Waals surface area contributed by atoms with Crippen LogP contribution in [0.5, 0.6) is 0 Å². The van der Waals surface area contributed by atoms with Gasteiger partial charge < -0.3 is 20.1 Å². The van der Waals surface area contributed by atoms with Gasteiger partial charge >= 0.3 is 6.03 Å². The molecule has 0 radical (unpaired) electrons. The van der Waals surface area contributed by atoms with Gasteiger partial charge in [-0.2, -0.15) is 0 Å². The highest BCUT2D eigenvalue weighted by Crippen LogP contribution is 2.32. The van der Waals surface area contributed by atoms with Gasteiger partial charge in [0.2, 0.25) is 0 Å². The minimum Gasteiger partial charge on any atom is -0.391 e. The van der Waals surface area contributed by atoms with Gasteiger partial charge in [0.1, 0.15) is 6.10 Å². The molecule has 1 saturated carbocycles. The number of nitrogens with zero attached hydrogens (tertiary/aromatic N) is 1. The molecule has 2 amide bonds. The summed E-state index contributed by atoms with van der Waals surface area (Å²) in [4.78, 5) is 13.8. The monoisotopic (exact) mass is 340 g/mol. The number of likely N-dealkylation sites (N-methyl/N-ethyl adjacent to an activating group) is 1. The Morgan fingerprint density at radius 1 is 1.43 bits per heavy atom. The van der Waals surface area contributed by atoms with Crippen LogP contribution in [0.4, 0.5) is 4.79 Å². The number of benzene rings is 1. The summed E-state index contributed by atoms with van der Waals surface area (Å²) < 4.78 is 5.52. The average molecular weight is 341 g/mol. The Bertz CT molecular complexity index is 519. The van der Waals surface area contributed by atoms with E-state index < -0.39 is 6.10 Å². The van der Waals surface area contributed by atoms with Crippen LogP contribution in [0.3, 0.4) is 0 Å². The topological polar surface area (TPSA) is 61.8 Å². The van der Waals surface area contributed by atoms with Crippen LogP contribution in [-0.4, -0.2) is 48.9 Å². The third kappa shape index (κ3) is 5.09. The summed E-state index contributed by atoms with van der Waals surface area (Å²) in [5, 5.41) is 13.5. The number of methoxy groups -OCH3 is 1. The van der Waals surface area contributed by atoms with Crippen LogP contribution in [0.25, 0.3) is 0 Å². The largest absolute Gasteiger partial charge is 0.391 e. The maximum atomic E-state index is 12.3. The van der Waals surface area contributed by atoms with E-state index in [9.17, 15) is 9.90 Å². The lowest BCUT2D eigenvalue weighted by Gasteiger charge is -2.27. The second-order valence-electron chi connectivity index (χ2n) is 6.23. The Labute approximate surface area is 142 Å². The van der Waals surface area contributed by atoms with Crippen molar-refractivity contribution in [3.8, 4) is 0 Å². The highest BCUT2D eigenvalue weighted by molar-refractivity contribution is 6.30. The molecule has 1 aromatic rings. The molecule has 3 unspecified atom stereocenters. The Kier molecular flexibility index (Phi) is 6.27. The third-order valence-corrected chi connectivity index (χ3v) is 4.48. The molecule has 0 bridgehead atoms. The second kappa shape index (κ2) is 7.99. The van der Waals surface area contributed by atoms with Crippen molar-refractivity contribution in [2.24, 2.45) is 5.92 Å². The number of hydrogen-bond donors (Lipinski definition) is 2. The van der Waals surface area contributed by atoms with Crippen molar-refractivity contribution >= 4 is 17.6 Å². The van der Waals surface area contributed by atoms with Gasteiger partial charge in [-0.1, -0.05) is 23.7 Å². The van der Waals surface area contributed by atoms with Crippen molar-refractivity contribution in [1.29, 1.82) is 0 Å². The number of urea groups is 1. The molecule has 6 heteroatoms. The zero-order chi connectivity index (χ0) is 17.0. The van der Waals surface area contributed by atoms with E-state index in [0.29, 0.717) is 17.5 Å². The number of amides is 2. The highest BCUT2D eigenvalue weighted by atomic mass is 35.5. The summed E-state index contributed by atoms with van der Waals surface area (Å²) >= 11 is 5.90. The number of nitrogens with one attached hydrogen (secondary N) is 1. The molecule has 1 aliphatic rings. The van der Waals surface area contributed by atoms with Crippen LogP contribution in [-0.2, 0) is 4.74 Å². The van der Waals surface area contributed by atoms with E-state index in [1.807, 2.05) is 19.1 Å². The molecule has 2 N–H and O–H groups in total. The number of rotatable bonds is 7. The van der Waals surface area contributed by atoms with Crippen LogP contribution in [0.1, 0.15) is 31.4 Å². The normalized spacial score (nSPS) is 18.1. The molecule has 0 heterocycles. The summed E-state index contributed by atoms with van der Waals surface area (Å²) in [5.41, 5.74) is 0.949. The Morgan fingerprint density at radius 3 is 2.57 bits per heavy atom. The zero-order valence-electron chi connectivity index (χ0n) is 13.8. The molecule has 0 spiro atoms. The van der Waals surface area contributed by atoms with Gasteiger partial charge in [0.15, 0.2) is 0 Å². The average Bonchev–Trinajstić information content (AvgIpc) is 3.34. The summed E-state index contributed by atoms with van der Waals surface area (Å²) in [6.07, 6.45) is 1.40.